The molecule has 2 aromatic rings. The number of aromatic nitrogens is 1. The summed E-state index contributed by atoms with van der Waals surface area (Å²) in [5, 5.41) is 0.673. The van der Waals surface area contributed by atoms with Crippen molar-refractivity contribution in [3.8, 4) is 11.5 Å². The van der Waals surface area contributed by atoms with Gasteiger partial charge in [-0.05, 0) is 25.1 Å². The molecule has 1 aromatic carbocycles. The molecule has 1 aromatic heterocycles. The summed E-state index contributed by atoms with van der Waals surface area (Å²) >= 11 is 0. The van der Waals surface area contributed by atoms with Gasteiger partial charge in [0.15, 0.2) is 17.3 Å². The number of hydrogen-bond donors (Lipinski definition) is 0. The molecule has 1 aliphatic carbocycles. The van der Waals surface area contributed by atoms with Gasteiger partial charge in [0.25, 0.3) is 0 Å². The molecule has 0 bridgehead atoms. The van der Waals surface area contributed by atoms with Crippen molar-refractivity contribution in [2.75, 3.05) is 20.8 Å². The molecule has 0 atom stereocenters. The van der Waals surface area contributed by atoms with Crippen molar-refractivity contribution in [2.24, 2.45) is 0 Å². The molecule has 0 saturated carbocycles. The van der Waals surface area contributed by atoms with Crippen LogP contribution in [-0.4, -0.2) is 45.0 Å². The second-order valence-corrected chi connectivity index (χ2v) is 13.9. The molecule has 1 heterocycles. The van der Waals surface area contributed by atoms with Gasteiger partial charge < -0.3 is 18.8 Å². The Morgan fingerprint density at radius 3 is 2.29 bits per heavy atom. The van der Waals surface area contributed by atoms with Crippen molar-refractivity contribution in [3.05, 3.63) is 35.0 Å². The SMILES string of the molecule is COc1cc2c3c(n(COCC[Si](C)(C)C)c2cc1OC)C(=O)C=C(C)C3=O. The van der Waals surface area contributed by atoms with Crippen LogP contribution in [0.5, 0.6) is 11.5 Å². The highest BCUT2D eigenvalue weighted by molar-refractivity contribution is 6.76. The zero-order valence-electron chi connectivity index (χ0n) is 17.3. The number of Topliss-reactive ketones (excluding diaryl/α,β-unsaturated/α-hetero) is 1. The van der Waals surface area contributed by atoms with Gasteiger partial charge in [-0.15, -0.1) is 0 Å². The first-order chi connectivity index (χ1) is 13.2. The first-order valence-corrected chi connectivity index (χ1v) is 13.0. The number of nitrogens with zero attached hydrogens (tertiary/aromatic N) is 1. The van der Waals surface area contributed by atoms with Crippen LogP contribution in [0.25, 0.3) is 10.9 Å². The second kappa shape index (κ2) is 7.56. The molecule has 0 amide bonds. The monoisotopic (exact) mass is 401 g/mol. The molecule has 6 nitrogen and oxygen atoms in total. The van der Waals surface area contributed by atoms with Crippen LogP contribution in [0.3, 0.4) is 0 Å². The van der Waals surface area contributed by atoms with Crippen LogP contribution < -0.4 is 9.47 Å². The molecule has 0 aliphatic heterocycles. The van der Waals surface area contributed by atoms with Crippen molar-refractivity contribution in [1.29, 1.82) is 0 Å². The maximum Gasteiger partial charge on any atom is 0.203 e. The molecule has 28 heavy (non-hydrogen) atoms. The fourth-order valence-electron chi connectivity index (χ4n) is 3.36. The van der Waals surface area contributed by atoms with Gasteiger partial charge in [0.1, 0.15) is 12.4 Å². The third-order valence-corrected chi connectivity index (χ3v) is 6.66. The summed E-state index contributed by atoms with van der Waals surface area (Å²) in [7, 11) is 1.88. The molecular formula is C21H27NO5Si. The number of carbonyl (C=O) groups is 2. The van der Waals surface area contributed by atoms with Crippen LogP contribution in [0.2, 0.25) is 25.7 Å². The van der Waals surface area contributed by atoms with Gasteiger partial charge in [-0.3, -0.25) is 9.59 Å². The third-order valence-electron chi connectivity index (χ3n) is 4.95. The normalized spacial score (nSPS) is 14.3. The van der Waals surface area contributed by atoms with Gasteiger partial charge in [-0.2, -0.15) is 0 Å². The number of ether oxygens (including phenoxy) is 3. The van der Waals surface area contributed by atoms with E-state index in [9.17, 15) is 9.59 Å². The van der Waals surface area contributed by atoms with Crippen molar-refractivity contribution in [2.45, 2.75) is 39.3 Å². The largest absolute Gasteiger partial charge is 0.493 e. The molecule has 7 heteroatoms. The summed E-state index contributed by atoms with van der Waals surface area (Å²) in [6, 6.07) is 4.58. The summed E-state index contributed by atoms with van der Waals surface area (Å²) in [5.74, 6) is 0.725. The van der Waals surface area contributed by atoms with Crippen molar-refractivity contribution < 1.29 is 23.8 Å². The van der Waals surface area contributed by atoms with Gasteiger partial charge in [0.05, 0.1) is 25.3 Å². The van der Waals surface area contributed by atoms with E-state index in [1.165, 1.54) is 6.08 Å². The summed E-state index contributed by atoms with van der Waals surface area (Å²) in [5.41, 5.74) is 1.94. The Morgan fingerprint density at radius 1 is 1.04 bits per heavy atom. The minimum atomic E-state index is -1.22. The maximum absolute atomic E-state index is 12.9. The molecule has 0 saturated heterocycles. The lowest BCUT2D eigenvalue weighted by Crippen LogP contribution is -2.23. The van der Waals surface area contributed by atoms with Gasteiger partial charge in [-0.25, -0.2) is 0 Å². The first kappa shape index (κ1) is 20.4. The molecular weight excluding hydrogens is 374 g/mol. The van der Waals surface area contributed by atoms with E-state index >= 15 is 0 Å². The average molecular weight is 402 g/mol. The van der Waals surface area contributed by atoms with Crippen molar-refractivity contribution >= 4 is 30.5 Å². The number of rotatable bonds is 7. The van der Waals surface area contributed by atoms with Gasteiger partial charge in [-0.1, -0.05) is 19.6 Å². The predicted molar refractivity (Wildman–Crippen MR) is 112 cm³/mol. The smallest absolute Gasteiger partial charge is 0.203 e. The number of ketones is 2. The van der Waals surface area contributed by atoms with Crippen LogP contribution in [0.1, 0.15) is 27.8 Å². The molecule has 1 aliphatic rings. The fraction of sp³-hybridized carbons (Fsp3) is 0.429. The van der Waals surface area contributed by atoms with E-state index in [1.807, 2.05) is 0 Å². The van der Waals surface area contributed by atoms with E-state index in [0.717, 1.165) is 11.6 Å². The fourth-order valence-corrected chi connectivity index (χ4v) is 4.11. The average Bonchev–Trinajstić information content (AvgIpc) is 2.95. The number of allylic oxidation sites excluding steroid dienone is 2. The molecule has 3 rings (SSSR count). The topological polar surface area (TPSA) is 66.8 Å². The molecule has 0 N–H and O–H groups in total. The molecule has 0 unspecified atom stereocenters. The van der Waals surface area contributed by atoms with Crippen LogP contribution in [0, 0.1) is 0 Å². The highest BCUT2D eigenvalue weighted by Crippen LogP contribution is 2.39. The van der Waals surface area contributed by atoms with Crippen LogP contribution in [-0.2, 0) is 11.5 Å². The Labute approximate surface area is 166 Å². The van der Waals surface area contributed by atoms with E-state index in [0.29, 0.717) is 40.3 Å². The van der Waals surface area contributed by atoms with Crippen molar-refractivity contribution in [1.82, 2.24) is 4.57 Å². The lowest BCUT2D eigenvalue weighted by Gasteiger charge is -2.17. The molecule has 0 radical (unpaired) electrons. The molecule has 0 spiro atoms. The summed E-state index contributed by atoms with van der Waals surface area (Å²) in [4.78, 5) is 25.6. The van der Waals surface area contributed by atoms with Crippen molar-refractivity contribution in [3.63, 3.8) is 0 Å². The quantitative estimate of drug-likeness (QED) is 0.511. The van der Waals surface area contributed by atoms with E-state index in [2.05, 4.69) is 19.6 Å². The Bertz CT molecular complexity index is 981. The van der Waals surface area contributed by atoms with E-state index < -0.39 is 8.07 Å². The van der Waals surface area contributed by atoms with Crippen LogP contribution in [0.4, 0.5) is 0 Å². The maximum atomic E-state index is 12.9. The van der Waals surface area contributed by atoms with Crippen LogP contribution >= 0.6 is 0 Å². The van der Waals surface area contributed by atoms with E-state index in [4.69, 9.17) is 14.2 Å². The Morgan fingerprint density at radius 2 is 1.68 bits per heavy atom. The minimum absolute atomic E-state index is 0.146. The zero-order valence-corrected chi connectivity index (χ0v) is 18.3. The number of carbonyl (C=O) groups excluding carboxylic acids is 2. The van der Waals surface area contributed by atoms with Gasteiger partial charge in [0, 0.05) is 31.7 Å². The zero-order chi connectivity index (χ0) is 20.6. The Kier molecular flexibility index (Phi) is 5.50. The summed E-state index contributed by atoms with van der Waals surface area (Å²) in [6.07, 6.45) is 1.40. The highest BCUT2D eigenvalue weighted by Gasteiger charge is 2.32. The number of hydrogen-bond acceptors (Lipinski definition) is 5. The summed E-state index contributed by atoms with van der Waals surface area (Å²) in [6.45, 7) is 9.35. The van der Waals surface area contributed by atoms with Gasteiger partial charge >= 0.3 is 0 Å². The highest BCUT2D eigenvalue weighted by atomic mass is 28.3. The third kappa shape index (κ3) is 3.64. The minimum Gasteiger partial charge on any atom is -0.493 e. The molecule has 0 fully saturated rings. The number of fused-ring (bicyclic) bond motifs is 3. The molecule has 150 valence electrons. The Hall–Kier alpha value is -2.38. The first-order valence-electron chi connectivity index (χ1n) is 9.31. The van der Waals surface area contributed by atoms with E-state index in [1.54, 1.807) is 37.8 Å². The number of methoxy groups -OCH3 is 2. The number of benzene rings is 1. The predicted octanol–water partition coefficient (Wildman–Crippen LogP) is 4.30. The lowest BCUT2D eigenvalue weighted by molar-refractivity contribution is 0.0834. The summed E-state index contributed by atoms with van der Waals surface area (Å²) < 4.78 is 18.5. The standard InChI is InChI=1S/C21H27NO5Si/c1-13-9-16(23)20-19(21(13)24)14-10-17(25-2)18(26-3)11-15(14)22(20)12-27-7-8-28(4,5)6/h9-11H,7-8,12H2,1-6H3. The Balaban J connectivity index is 2.13. The van der Waals surface area contributed by atoms with Gasteiger partial charge in [0.2, 0.25) is 5.78 Å². The van der Waals surface area contributed by atoms with E-state index in [-0.39, 0.29) is 18.3 Å². The second-order valence-electron chi connectivity index (χ2n) is 8.24. The lowest BCUT2D eigenvalue weighted by atomic mass is 9.93. The van der Waals surface area contributed by atoms with Crippen LogP contribution in [0.15, 0.2) is 23.8 Å².